The van der Waals surface area contributed by atoms with Crippen LogP contribution in [0.1, 0.15) is 16.7 Å². The van der Waals surface area contributed by atoms with Crippen molar-refractivity contribution in [3.8, 4) is 0 Å². The third-order valence-electron chi connectivity index (χ3n) is 2.14. The molecule has 0 unspecified atom stereocenters. The van der Waals surface area contributed by atoms with E-state index in [1.807, 2.05) is 0 Å². The van der Waals surface area contributed by atoms with Crippen LogP contribution in [0.3, 0.4) is 0 Å². The molecule has 0 N–H and O–H groups in total. The third-order valence-corrected chi connectivity index (χ3v) is 3.36. The summed E-state index contributed by atoms with van der Waals surface area (Å²) < 4.78 is -3.31. The van der Waals surface area contributed by atoms with Crippen molar-refractivity contribution in [3.63, 3.8) is 0 Å². The molecule has 95 valence electrons. The van der Waals surface area contributed by atoms with E-state index < -0.39 is 7.59 Å². The van der Waals surface area contributed by atoms with Crippen molar-refractivity contribution in [1.82, 2.24) is 0 Å². The summed E-state index contributed by atoms with van der Waals surface area (Å²) in [5.41, 5.74) is 1.20. The predicted octanol–water partition coefficient (Wildman–Crippen LogP) is 5.31. The number of hydrogen-bond donors (Lipinski definition) is 0. The van der Waals surface area contributed by atoms with Gasteiger partial charge in [-0.1, -0.05) is 87.8 Å². The molecule has 0 aromatic heterocycles. The summed E-state index contributed by atoms with van der Waals surface area (Å²) in [6, 6.07) is 4.80. The van der Waals surface area contributed by atoms with Gasteiger partial charge in [0.1, 0.15) is 0 Å². The standard InChI is InChI=1S/C10H7Cl6O/c11-9(12,13)7-2-1-3-8(10(14,15)16)6(7)4-5-17/h1-3H,4-5H2. The first-order valence-corrected chi connectivity index (χ1v) is 6.79. The first-order valence-electron chi connectivity index (χ1n) is 4.52. The molecule has 17 heavy (non-hydrogen) atoms. The lowest BCUT2D eigenvalue weighted by Gasteiger charge is -2.22. The molecular formula is C10H7Cl6O. The number of hydrogen-bond acceptors (Lipinski definition) is 0. The van der Waals surface area contributed by atoms with Crippen molar-refractivity contribution in [2.75, 3.05) is 6.61 Å². The van der Waals surface area contributed by atoms with Gasteiger partial charge in [0.05, 0.1) is 6.61 Å². The molecule has 0 amide bonds. The van der Waals surface area contributed by atoms with Crippen molar-refractivity contribution in [3.05, 3.63) is 34.9 Å². The van der Waals surface area contributed by atoms with E-state index in [1.54, 1.807) is 18.2 Å². The Hall–Kier alpha value is 0.920. The number of halogens is 6. The zero-order valence-electron chi connectivity index (χ0n) is 8.32. The Morgan fingerprint density at radius 2 is 1.29 bits per heavy atom. The van der Waals surface area contributed by atoms with Gasteiger partial charge in [0.2, 0.25) is 7.59 Å². The van der Waals surface area contributed by atoms with Crippen LogP contribution < -0.4 is 0 Å². The first-order chi connectivity index (χ1) is 7.68. The Morgan fingerprint density at radius 1 is 0.882 bits per heavy atom. The van der Waals surface area contributed by atoms with E-state index in [2.05, 4.69) is 0 Å². The summed E-state index contributed by atoms with van der Waals surface area (Å²) in [4.78, 5) is 0. The highest BCUT2D eigenvalue weighted by atomic mass is 35.6. The molecule has 0 saturated heterocycles. The van der Waals surface area contributed by atoms with E-state index in [4.69, 9.17) is 69.6 Å². The Kier molecular flexibility index (Phi) is 5.56. The first kappa shape index (κ1) is 16.0. The van der Waals surface area contributed by atoms with E-state index in [9.17, 15) is 5.11 Å². The molecule has 1 radical (unpaired) electrons. The normalized spacial score (nSPS) is 12.9. The number of benzene rings is 1. The minimum Gasteiger partial charge on any atom is -0.236 e. The van der Waals surface area contributed by atoms with Crippen LogP contribution in [-0.2, 0) is 19.1 Å². The predicted molar refractivity (Wildman–Crippen MR) is 74.2 cm³/mol. The lowest BCUT2D eigenvalue weighted by molar-refractivity contribution is 0.197. The summed E-state index contributed by atoms with van der Waals surface area (Å²) in [5, 5.41) is 10.8. The number of alkyl halides is 6. The average Bonchev–Trinajstić information content (AvgIpc) is 2.15. The Bertz CT molecular complexity index is 361. The van der Waals surface area contributed by atoms with Crippen LogP contribution in [0.2, 0.25) is 0 Å². The molecule has 0 aliphatic carbocycles. The van der Waals surface area contributed by atoms with Crippen molar-refractivity contribution in [2.24, 2.45) is 0 Å². The molecule has 0 bridgehead atoms. The fourth-order valence-corrected chi connectivity index (χ4v) is 2.55. The fraction of sp³-hybridized carbons (Fsp3) is 0.400. The molecule has 0 aliphatic heterocycles. The van der Waals surface area contributed by atoms with Crippen LogP contribution in [0, 0.1) is 0 Å². The maximum Gasteiger partial charge on any atom is 0.216 e. The minimum atomic E-state index is -1.66. The lowest BCUT2D eigenvalue weighted by Crippen LogP contribution is -2.13. The molecule has 1 rings (SSSR count). The SMILES string of the molecule is [O]CCc1c(C(Cl)(Cl)Cl)cccc1C(Cl)(Cl)Cl. The average molecular weight is 356 g/mol. The second-order valence-electron chi connectivity index (χ2n) is 3.28. The zero-order chi connectivity index (χ0) is 13.3. The van der Waals surface area contributed by atoms with Crippen molar-refractivity contribution in [2.45, 2.75) is 14.0 Å². The zero-order valence-corrected chi connectivity index (χ0v) is 12.9. The van der Waals surface area contributed by atoms with E-state index >= 15 is 0 Å². The summed E-state index contributed by atoms with van der Waals surface area (Å²) in [6.45, 7) is -0.383. The second-order valence-corrected chi connectivity index (χ2v) is 7.84. The molecule has 0 atom stereocenters. The van der Waals surface area contributed by atoms with Gasteiger partial charge in [0.15, 0.2) is 0 Å². The van der Waals surface area contributed by atoms with E-state index in [1.165, 1.54) is 0 Å². The highest BCUT2D eigenvalue weighted by Crippen LogP contribution is 2.46. The highest BCUT2D eigenvalue weighted by molar-refractivity contribution is 6.67. The molecule has 1 aromatic rings. The topological polar surface area (TPSA) is 19.9 Å². The van der Waals surface area contributed by atoms with Gasteiger partial charge >= 0.3 is 0 Å². The van der Waals surface area contributed by atoms with Gasteiger partial charge in [-0.25, -0.2) is 5.11 Å². The maximum atomic E-state index is 10.8. The maximum absolute atomic E-state index is 10.8. The van der Waals surface area contributed by atoms with Crippen molar-refractivity contribution >= 4 is 69.6 Å². The fourth-order valence-electron chi connectivity index (χ4n) is 1.49. The molecular weight excluding hydrogens is 349 g/mol. The molecule has 1 nitrogen and oxygen atoms in total. The van der Waals surface area contributed by atoms with Crippen LogP contribution in [0.4, 0.5) is 0 Å². The monoisotopic (exact) mass is 353 g/mol. The van der Waals surface area contributed by atoms with Gasteiger partial charge in [0.25, 0.3) is 0 Å². The molecule has 0 heterocycles. The Balaban J connectivity index is 3.43. The van der Waals surface area contributed by atoms with Crippen LogP contribution in [0.25, 0.3) is 0 Å². The quantitative estimate of drug-likeness (QED) is 0.640. The van der Waals surface area contributed by atoms with Gasteiger partial charge < -0.3 is 0 Å². The lowest BCUT2D eigenvalue weighted by atomic mass is 10.00. The number of rotatable bonds is 2. The van der Waals surface area contributed by atoms with Gasteiger partial charge in [-0.2, -0.15) is 0 Å². The van der Waals surface area contributed by atoms with Crippen LogP contribution in [0.15, 0.2) is 18.2 Å². The van der Waals surface area contributed by atoms with Gasteiger partial charge in [0, 0.05) is 11.1 Å². The molecule has 0 spiro atoms. The van der Waals surface area contributed by atoms with E-state index in [0.717, 1.165) is 0 Å². The summed E-state index contributed by atoms with van der Waals surface area (Å²) in [5.74, 6) is 0. The molecule has 1 aromatic carbocycles. The van der Waals surface area contributed by atoms with Gasteiger partial charge in [-0.15, -0.1) is 0 Å². The van der Waals surface area contributed by atoms with Gasteiger partial charge in [-0.3, -0.25) is 0 Å². The second kappa shape index (κ2) is 5.92. The van der Waals surface area contributed by atoms with Crippen molar-refractivity contribution < 1.29 is 5.11 Å². The van der Waals surface area contributed by atoms with Crippen molar-refractivity contribution in [1.29, 1.82) is 0 Å². The smallest absolute Gasteiger partial charge is 0.216 e. The molecule has 0 aliphatic rings. The Morgan fingerprint density at radius 3 is 1.59 bits per heavy atom. The van der Waals surface area contributed by atoms with Crippen LogP contribution in [-0.4, -0.2) is 6.61 Å². The molecule has 0 fully saturated rings. The van der Waals surface area contributed by atoms with Gasteiger partial charge in [-0.05, 0) is 12.0 Å². The third kappa shape index (κ3) is 4.21. The van der Waals surface area contributed by atoms with E-state index in [0.29, 0.717) is 16.7 Å². The largest absolute Gasteiger partial charge is 0.236 e. The highest BCUT2D eigenvalue weighted by Gasteiger charge is 2.32. The van der Waals surface area contributed by atoms with Crippen LogP contribution >= 0.6 is 69.6 Å². The Labute approximate surface area is 130 Å². The summed E-state index contributed by atoms with van der Waals surface area (Å²) in [7, 11) is 0. The molecule has 7 heteroatoms. The summed E-state index contributed by atoms with van der Waals surface area (Å²) >= 11 is 34.9. The van der Waals surface area contributed by atoms with Crippen LogP contribution in [0.5, 0.6) is 0 Å². The summed E-state index contributed by atoms with van der Waals surface area (Å²) in [6.07, 6.45) is 0.132. The molecule has 0 saturated carbocycles. The minimum absolute atomic E-state index is 0.132. The van der Waals surface area contributed by atoms with E-state index in [-0.39, 0.29) is 13.0 Å².